The SMILES string of the molecule is O=C(CN1CCOCC1)N1CCCCN2[C@@H](CO)[C@H](c3ccc(C#Cc4ccccc4)cc3)[C@@H]2C1. The highest BCUT2D eigenvalue weighted by atomic mass is 16.5. The van der Waals surface area contributed by atoms with Crippen molar-refractivity contribution in [2.24, 2.45) is 0 Å². The molecule has 3 aliphatic heterocycles. The van der Waals surface area contributed by atoms with E-state index in [0.29, 0.717) is 19.8 Å². The number of amides is 1. The van der Waals surface area contributed by atoms with Gasteiger partial charge in [-0.1, -0.05) is 42.2 Å². The van der Waals surface area contributed by atoms with Gasteiger partial charge in [0.25, 0.3) is 0 Å². The van der Waals surface area contributed by atoms with Crippen molar-refractivity contribution in [3.05, 3.63) is 71.3 Å². The van der Waals surface area contributed by atoms with Crippen LogP contribution in [-0.4, -0.2) is 96.9 Å². The van der Waals surface area contributed by atoms with Crippen molar-refractivity contribution in [3.63, 3.8) is 0 Å². The topological polar surface area (TPSA) is 56.2 Å². The van der Waals surface area contributed by atoms with E-state index in [0.717, 1.165) is 56.7 Å². The lowest BCUT2D eigenvalue weighted by molar-refractivity contribution is -0.138. The highest BCUT2D eigenvalue weighted by molar-refractivity contribution is 5.78. The molecule has 0 radical (unpaired) electrons. The summed E-state index contributed by atoms with van der Waals surface area (Å²) >= 11 is 0. The molecule has 3 fully saturated rings. The van der Waals surface area contributed by atoms with Gasteiger partial charge in [0.2, 0.25) is 5.91 Å². The summed E-state index contributed by atoms with van der Waals surface area (Å²) in [6, 6.07) is 18.8. The minimum absolute atomic E-state index is 0.107. The van der Waals surface area contributed by atoms with Gasteiger partial charge in [-0.15, -0.1) is 0 Å². The van der Waals surface area contributed by atoms with E-state index in [4.69, 9.17) is 4.74 Å². The Morgan fingerprint density at radius 1 is 0.914 bits per heavy atom. The molecular weight excluding hydrogens is 438 g/mol. The lowest BCUT2D eigenvalue weighted by Crippen LogP contribution is -2.68. The third-order valence-corrected chi connectivity index (χ3v) is 7.61. The Hall–Kier alpha value is -2.69. The van der Waals surface area contributed by atoms with E-state index in [1.165, 1.54) is 5.56 Å². The molecule has 3 saturated heterocycles. The summed E-state index contributed by atoms with van der Waals surface area (Å²) in [6.45, 7) is 6.19. The van der Waals surface area contributed by atoms with E-state index >= 15 is 0 Å². The molecule has 184 valence electrons. The number of nitrogens with zero attached hydrogens (tertiary/aromatic N) is 3. The predicted molar refractivity (Wildman–Crippen MR) is 136 cm³/mol. The molecule has 3 atom stereocenters. The zero-order chi connectivity index (χ0) is 24.0. The molecule has 0 bridgehead atoms. The van der Waals surface area contributed by atoms with Crippen molar-refractivity contribution in [3.8, 4) is 11.8 Å². The third-order valence-electron chi connectivity index (χ3n) is 7.61. The zero-order valence-electron chi connectivity index (χ0n) is 20.3. The predicted octanol–water partition coefficient (Wildman–Crippen LogP) is 2.17. The monoisotopic (exact) mass is 473 g/mol. The van der Waals surface area contributed by atoms with Gasteiger partial charge in [0.1, 0.15) is 0 Å². The number of fused-ring (bicyclic) bond motifs is 1. The van der Waals surface area contributed by atoms with Crippen LogP contribution >= 0.6 is 0 Å². The molecule has 0 spiro atoms. The Labute approximate surface area is 208 Å². The van der Waals surface area contributed by atoms with Crippen LogP contribution in [0.2, 0.25) is 0 Å². The fraction of sp³-hybridized carbons (Fsp3) is 0.483. The van der Waals surface area contributed by atoms with Crippen LogP contribution in [0.4, 0.5) is 0 Å². The lowest BCUT2D eigenvalue weighted by atomic mass is 9.74. The Morgan fingerprint density at radius 2 is 1.60 bits per heavy atom. The number of carbonyl (C=O) groups excluding carboxylic acids is 1. The fourth-order valence-corrected chi connectivity index (χ4v) is 5.67. The maximum atomic E-state index is 13.2. The molecule has 6 heteroatoms. The number of morpholine rings is 1. The van der Waals surface area contributed by atoms with Crippen LogP contribution in [0.5, 0.6) is 0 Å². The molecular formula is C29H35N3O3. The van der Waals surface area contributed by atoms with Gasteiger partial charge in [-0.2, -0.15) is 0 Å². The summed E-state index contributed by atoms with van der Waals surface area (Å²) in [4.78, 5) is 19.9. The average Bonchev–Trinajstić information content (AvgIpc) is 2.88. The van der Waals surface area contributed by atoms with Crippen LogP contribution in [0.1, 0.15) is 35.4 Å². The molecule has 5 rings (SSSR count). The second-order valence-electron chi connectivity index (χ2n) is 9.75. The van der Waals surface area contributed by atoms with Gasteiger partial charge in [-0.25, -0.2) is 0 Å². The van der Waals surface area contributed by atoms with Gasteiger partial charge in [0, 0.05) is 55.3 Å². The number of ether oxygens (including phenoxy) is 1. The van der Waals surface area contributed by atoms with E-state index < -0.39 is 0 Å². The van der Waals surface area contributed by atoms with Gasteiger partial charge in [-0.05, 0) is 49.2 Å². The standard InChI is InChI=1S/C29H35N3O3/c33-22-27-29(25-12-10-24(11-13-25)9-8-23-6-2-1-3-7-23)26-20-31(14-4-5-15-32(26)27)28(34)21-30-16-18-35-19-17-30/h1-3,6-7,10-13,26-27,29,33H,4-5,14-22H2/t26-,27-,29+/m0/s1. The van der Waals surface area contributed by atoms with Crippen molar-refractivity contribution >= 4 is 5.91 Å². The quantitative estimate of drug-likeness (QED) is 0.690. The highest BCUT2D eigenvalue weighted by Crippen LogP contribution is 2.42. The number of benzene rings is 2. The van der Waals surface area contributed by atoms with Crippen molar-refractivity contribution < 1.29 is 14.6 Å². The summed E-state index contributed by atoms with van der Waals surface area (Å²) in [5, 5.41) is 10.2. The zero-order valence-corrected chi connectivity index (χ0v) is 20.3. The van der Waals surface area contributed by atoms with E-state index in [-0.39, 0.29) is 30.5 Å². The van der Waals surface area contributed by atoms with Crippen molar-refractivity contribution in [2.75, 3.05) is 59.1 Å². The van der Waals surface area contributed by atoms with E-state index in [9.17, 15) is 9.90 Å². The molecule has 2 aromatic carbocycles. The van der Waals surface area contributed by atoms with Crippen molar-refractivity contribution in [2.45, 2.75) is 30.8 Å². The minimum Gasteiger partial charge on any atom is -0.395 e. The van der Waals surface area contributed by atoms with Gasteiger partial charge >= 0.3 is 0 Å². The molecule has 0 aromatic heterocycles. The molecule has 1 amide bonds. The van der Waals surface area contributed by atoms with Crippen molar-refractivity contribution in [1.82, 2.24) is 14.7 Å². The van der Waals surface area contributed by atoms with Crippen molar-refractivity contribution in [1.29, 1.82) is 0 Å². The number of aliphatic hydroxyl groups excluding tert-OH is 1. The molecule has 0 unspecified atom stereocenters. The van der Waals surface area contributed by atoms with Gasteiger partial charge in [0.15, 0.2) is 0 Å². The third kappa shape index (κ3) is 5.60. The second kappa shape index (κ2) is 11.4. The van der Waals surface area contributed by atoms with Crippen LogP contribution in [0, 0.1) is 11.8 Å². The van der Waals surface area contributed by atoms with Gasteiger partial charge in [-0.3, -0.25) is 14.6 Å². The summed E-state index contributed by atoms with van der Waals surface area (Å²) in [5.41, 5.74) is 3.20. The average molecular weight is 474 g/mol. The molecule has 2 aromatic rings. The Bertz CT molecular complexity index is 1040. The smallest absolute Gasteiger partial charge is 0.236 e. The molecule has 0 saturated carbocycles. The lowest BCUT2D eigenvalue weighted by Gasteiger charge is -2.57. The Balaban J connectivity index is 1.29. The summed E-state index contributed by atoms with van der Waals surface area (Å²) in [6.07, 6.45) is 2.06. The van der Waals surface area contributed by atoms with E-state index in [1.54, 1.807) is 0 Å². The Kier molecular flexibility index (Phi) is 7.80. The van der Waals surface area contributed by atoms with Crippen LogP contribution < -0.4 is 0 Å². The summed E-state index contributed by atoms with van der Waals surface area (Å²) < 4.78 is 5.43. The Morgan fingerprint density at radius 3 is 2.31 bits per heavy atom. The van der Waals surface area contributed by atoms with Crippen LogP contribution in [0.25, 0.3) is 0 Å². The summed E-state index contributed by atoms with van der Waals surface area (Å²) in [7, 11) is 0. The first kappa shape index (κ1) is 24.0. The second-order valence-corrected chi connectivity index (χ2v) is 9.75. The first-order valence-electron chi connectivity index (χ1n) is 12.8. The van der Waals surface area contributed by atoms with Gasteiger partial charge < -0.3 is 14.7 Å². The first-order chi connectivity index (χ1) is 17.2. The van der Waals surface area contributed by atoms with Crippen LogP contribution in [0.3, 0.4) is 0 Å². The number of carbonyl (C=O) groups is 1. The first-order valence-corrected chi connectivity index (χ1v) is 12.8. The molecule has 0 aliphatic carbocycles. The molecule has 3 aliphatic rings. The fourth-order valence-electron chi connectivity index (χ4n) is 5.67. The number of hydrogen-bond donors (Lipinski definition) is 1. The molecule has 3 heterocycles. The summed E-state index contributed by atoms with van der Waals surface area (Å²) in [5.74, 6) is 6.89. The molecule has 6 nitrogen and oxygen atoms in total. The largest absolute Gasteiger partial charge is 0.395 e. The number of rotatable bonds is 4. The minimum atomic E-state index is 0.107. The molecule has 1 N–H and O–H groups in total. The maximum absolute atomic E-state index is 13.2. The number of aliphatic hydroxyl groups is 1. The molecule has 35 heavy (non-hydrogen) atoms. The van der Waals surface area contributed by atoms with Crippen LogP contribution in [-0.2, 0) is 9.53 Å². The van der Waals surface area contributed by atoms with Crippen LogP contribution in [0.15, 0.2) is 54.6 Å². The maximum Gasteiger partial charge on any atom is 0.236 e. The van der Waals surface area contributed by atoms with Gasteiger partial charge in [0.05, 0.1) is 26.4 Å². The highest BCUT2D eigenvalue weighted by Gasteiger charge is 2.49. The van der Waals surface area contributed by atoms with E-state index in [2.05, 4.69) is 50.8 Å². The number of hydrogen-bond acceptors (Lipinski definition) is 5. The van der Waals surface area contributed by atoms with E-state index in [1.807, 2.05) is 30.3 Å². The normalized spacial score (nSPS) is 25.4.